The first-order valence-corrected chi connectivity index (χ1v) is 5.27. The summed E-state index contributed by atoms with van der Waals surface area (Å²) in [5.74, 6) is -1.32. The quantitative estimate of drug-likeness (QED) is 0.835. The molecule has 0 aliphatic heterocycles. The van der Waals surface area contributed by atoms with Gasteiger partial charge >= 0.3 is 5.97 Å². The third kappa shape index (κ3) is 3.78. The molecule has 2 unspecified atom stereocenters. The molecule has 0 amide bonds. The second kappa shape index (κ2) is 5.72. The number of carboxylic acids is 1. The second-order valence-corrected chi connectivity index (χ2v) is 4.03. The molecule has 2 atom stereocenters. The van der Waals surface area contributed by atoms with Crippen LogP contribution in [-0.4, -0.2) is 17.1 Å². The number of carbonyl (C=O) groups is 1. The van der Waals surface area contributed by atoms with E-state index >= 15 is 0 Å². The zero-order valence-corrected chi connectivity index (χ0v) is 9.44. The van der Waals surface area contributed by atoms with Crippen LogP contribution in [0.4, 0.5) is 8.78 Å². The van der Waals surface area contributed by atoms with Crippen LogP contribution in [0.25, 0.3) is 0 Å². The predicted octanol–water partition coefficient (Wildman–Crippen LogP) is 2.53. The van der Waals surface area contributed by atoms with Crippen LogP contribution in [0.1, 0.15) is 36.8 Å². The van der Waals surface area contributed by atoms with Gasteiger partial charge in [0.25, 0.3) is 6.43 Å². The maximum atomic E-state index is 12.3. The second-order valence-electron chi connectivity index (χ2n) is 4.03. The van der Waals surface area contributed by atoms with Crippen LogP contribution < -0.4 is 5.73 Å². The first kappa shape index (κ1) is 13.6. The Morgan fingerprint density at radius 2 is 1.76 bits per heavy atom. The molecular weight excluding hydrogens is 228 g/mol. The number of alkyl halides is 2. The molecule has 0 bridgehead atoms. The highest BCUT2D eigenvalue weighted by atomic mass is 19.3. The molecule has 0 saturated carbocycles. The largest absolute Gasteiger partial charge is 0.481 e. The van der Waals surface area contributed by atoms with Crippen LogP contribution in [0, 0.1) is 0 Å². The maximum Gasteiger partial charge on any atom is 0.304 e. The molecule has 17 heavy (non-hydrogen) atoms. The van der Waals surface area contributed by atoms with Crippen molar-refractivity contribution >= 4 is 5.97 Å². The molecule has 0 spiro atoms. The molecular formula is C12H15F2NO2. The molecule has 1 aromatic rings. The van der Waals surface area contributed by atoms with Gasteiger partial charge in [0.05, 0.1) is 6.42 Å². The predicted molar refractivity (Wildman–Crippen MR) is 60.0 cm³/mol. The minimum atomic E-state index is -2.52. The number of carboxylic acid groups (broad SMARTS) is 1. The van der Waals surface area contributed by atoms with Crippen LogP contribution in [0.15, 0.2) is 24.3 Å². The SMILES string of the molecule is CC(N)C(CC(=O)O)c1ccc(C(F)F)cc1. The van der Waals surface area contributed by atoms with Crippen LogP contribution in [0.2, 0.25) is 0 Å². The lowest BCUT2D eigenvalue weighted by Gasteiger charge is -2.19. The van der Waals surface area contributed by atoms with Crippen molar-refractivity contribution in [1.29, 1.82) is 0 Å². The van der Waals surface area contributed by atoms with E-state index in [2.05, 4.69) is 0 Å². The molecule has 1 rings (SSSR count). The number of rotatable bonds is 5. The lowest BCUT2D eigenvalue weighted by Crippen LogP contribution is -2.26. The smallest absolute Gasteiger partial charge is 0.304 e. The van der Waals surface area contributed by atoms with E-state index in [0.29, 0.717) is 5.56 Å². The van der Waals surface area contributed by atoms with Gasteiger partial charge in [-0.2, -0.15) is 0 Å². The molecule has 1 aromatic carbocycles. The molecule has 0 radical (unpaired) electrons. The summed E-state index contributed by atoms with van der Waals surface area (Å²) in [5, 5.41) is 8.76. The fraction of sp³-hybridized carbons (Fsp3) is 0.417. The average Bonchev–Trinajstić information content (AvgIpc) is 2.25. The van der Waals surface area contributed by atoms with Gasteiger partial charge in [0.2, 0.25) is 0 Å². The van der Waals surface area contributed by atoms with Crippen molar-refractivity contribution in [2.45, 2.75) is 31.7 Å². The molecule has 0 saturated heterocycles. The summed E-state index contributed by atoms with van der Waals surface area (Å²) in [7, 11) is 0. The van der Waals surface area contributed by atoms with Crippen molar-refractivity contribution in [3.63, 3.8) is 0 Å². The molecule has 3 N–H and O–H groups in total. The first-order valence-electron chi connectivity index (χ1n) is 5.27. The third-order valence-electron chi connectivity index (χ3n) is 2.65. The van der Waals surface area contributed by atoms with Crippen molar-refractivity contribution in [3.05, 3.63) is 35.4 Å². The maximum absolute atomic E-state index is 12.3. The number of hydrogen-bond donors (Lipinski definition) is 2. The summed E-state index contributed by atoms with van der Waals surface area (Å²) < 4.78 is 24.7. The Kier molecular flexibility index (Phi) is 4.57. The van der Waals surface area contributed by atoms with E-state index in [9.17, 15) is 13.6 Å². The summed E-state index contributed by atoms with van der Waals surface area (Å²) in [6, 6.07) is 5.29. The normalized spacial score (nSPS) is 14.6. The minimum absolute atomic E-state index is 0.0764. The molecule has 0 aliphatic rings. The van der Waals surface area contributed by atoms with Crippen molar-refractivity contribution in [2.24, 2.45) is 5.73 Å². The lowest BCUT2D eigenvalue weighted by atomic mass is 9.89. The minimum Gasteiger partial charge on any atom is -0.481 e. The molecule has 0 fully saturated rings. The van der Waals surface area contributed by atoms with Crippen LogP contribution >= 0.6 is 0 Å². The average molecular weight is 243 g/mol. The molecule has 0 aliphatic carbocycles. The number of halogens is 2. The molecule has 0 heterocycles. The monoisotopic (exact) mass is 243 g/mol. The van der Waals surface area contributed by atoms with E-state index in [0.717, 1.165) is 0 Å². The fourth-order valence-corrected chi connectivity index (χ4v) is 1.68. The molecule has 3 nitrogen and oxygen atoms in total. The van der Waals surface area contributed by atoms with Crippen LogP contribution in [-0.2, 0) is 4.79 Å². The highest BCUT2D eigenvalue weighted by Crippen LogP contribution is 2.25. The van der Waals surface area contributed by atoms with E-state index in [1.54, 1.807) is 6.92 Å². The van der Waals surface area contributed by atoms with Gasteiger partial charge in [0.1, 0.15) is 0 Å². The Morgan fingerprint density at radius 1 is 1.29 bits per heavy atom. The fourth-order valence-electron chi connectivity index (χ4n) is 1.68. The number of hydrogen-bond acceptors (Lipinski definition) is 2. The first-order chi connectivity index (χ1) is 7.91. The number of benzene rings is 1. The summed E-state index contributed by atoms with van der Waals surface area (Å²) in [6.45, 7) is 1.70. The van der Waals surface area contributed by atoms with Gasteiger partial charge < -0.3 is 10.8 Å². The highest BCUT2D eigenvalue weighted by Gasteiger charge is 2.20. The van der Waals surface area contributed by atoms with Crippen molar-refractivity contribution < 1.29 is 18.7 Å². The van der Waals surface area contributed by atoms with Gasteiger partial charge in [-0.15, -0.1) is 0 Å². The van der Waals surface area contributed by atoms with Gasteiger partial charge in [-0.1, -0.05) is 24.3 Å². The van der Waals surface area contributed by atoms with Gasteiger partial charge in [0, 0.05) is 17.5 Å². The zero-order chi connectivity index (χ0) is 13.0. The molecule has 5 heteroatoms. The molecule has 94 valence electrons. The zero-order valence-electron chi connectivity index (χ0n) is 9.44. The van der Waals surface area contributed by atoms with Gasteiger partial charge in [0.15, 0.2) is 0 Å². The topological polar surface area (TPSA) is 63.3 Å². The van der Waals surface area contributed by atoms with Crippen molar-refractivity contribution in [3.8, 4) is 0 Å². The third-order valence-corrected chi connectivity index (χ3v) is 2.65. The Bertz CT molecular complexity index is 377. The summed E-state index contributed by atoms with van der Waals surface area (Å²) in [6.07, 6.45) is -2.62. The number of nitrogens with two attached hydrogens (primary N) is 1. The molecule has 0 aromatic heterocycles. The number of aliphatic carboxylic acids is 1. The standard InChI is InChI=1S/C12H15F2NO2/c1-7(15)10(6-11(16)17)8-2-4-9(5-3-8)12(13)14/h2-5,7,10,12H,6,15H2,1H3,(H,16,17). The van der Waals surface area contributed by atoms with E-state index in [1.807, 2.05) is 0 Å². The Labute approximate surface area is 98.2 Å². The van der Waals surface area contributed by atoms with Gasteiger partial charge in [-0.05, 0) is 12.5 Å². The van der Waals surface area contributed by atoms with E-state index in [1.165, 1.54) is 24.3 Å². The highest BCUT2D eigenvalue weighted by molar-refractivity contribution is 5.68. The summed E-state index contributed by atoms with van der Waals surface area (Å²) >= 11 is 0. The van der Waals surface area contributed by atoms with Gasteiger partial charge in [-0.3, -0.25) is 4.79 Å². The van der Waals surface area contributed by atoms with Gasteiger partial charge in [-0.25, -0.2) is 8.78 Å². The Hall–Kier alpha value is -1.49. The van der Waals surface area contributed by atoms with E-state index in [4.69, 9.17) is 10.8 Å². The summed E-state index contributed by atoms with van der Waals surface area (Å²) in [4.78, 5) is 10.7. The summed E-state index contributed by atoms with van der Waals surface area (Å²) in [5.41, 5.74) is 6.30. The van der Waals surface area contributed by atoms with Crippen LogP contribution in [0.5, 0.6) is 0 Å². The van der Waals surface area contributed by atoms with E-state index < -0.39 is 12.4 Å². The Morgan fingerprint density at radius 3 is 2.12 bits per heavy atom. The Balaban J connectivity index is 2.91. The van der Waals surface area contributed by atoms with Crippen LogP contribution in [0.3, 0.4) is 0 Å². The lowest BCUT2D eigenvalue weighted by molar-refractivity contribution is -0.137. The van der Waals surface area contributed by atoms with E-state index in [-0.39, 0.29) is 23.9 Å². The van der Waals surface area contributed by atoms with Crippen molar-refractivity contribution in [2.75, 3.05) is 0 Å². The van der Waals surface area contributed by atoms with Crippen molar-refractivity contribution in [1.82, 2.24) is 0 Å².